The van der Waals surface area contributed by atoms with E-state index in [1.807, 2.05) is 0 Å². The van der Waals surface area contributed by atoms with E-state index in [1.165, 1.54) is 0 Å². The molecule has 0 aromatic heterocycles. The van der Waals surface area contributed by atoms with Gasteiger partial charge in [0, 0.05) is 0 Å². The maximum absolute atomic E-state index is 8.04. The van der Waals surface area contributed by atoms with Crippen LogP contribution >= 0.6 is 0 Å². The van der Waals surface area contributed by atoms with Gasteiger partial charge in [0.25, 0.3) is 0 Å². The molecule has 8 heavy (non-hydrogen) atoms. The molecule has 0 unspecified atom stereocenters. The lowest BCUT2D eigenvalue weighted by molar-refractivity contribution is 0.260. The summed E-state index contributed by atoms with van der Waals surface area (Å²) < 4.78 is 4.72. The maximum atomic E-state index is 8.04. The normalized spacial score (nSPS) is 11.5. The Balaban J connectivity index is 3.38. The van der Waals surface area contributed by atoms with Gasteiger partial charge in [0.2, 0.25) is 5.90 Å². The standard InChI is InChI=1S/C4H10N2O2/c1-2-8-4(3-5)6-7/h7H,2-3,5H2,1H3/b6-4-. The fraction of sp³-hybridized carbons (Fsp3) is 0.750. The highest BCUT2D eigenvalue weighted by atomic mass is 16.5. The minimum absolute atomic E-state index is 0.143. The van der Waals surface area contributed by atoms with Crippen molar-refractivity contribution in [3.05, 3.63) is 0 Å². The first-order valence-corrected chi connectivity index (χ1v) is 2.39. The first-order valence-electron chi connectivity index (χ1n) is 2.39. The number of nitrogens with two attached hydrogens (primary N) is 1. The fourth-order valence-corrected chi connectivity index (χ4v) is 0.295. The zero-order chi connectivity index (χ0) is 6.41. The average molecular weight is 118 g/mol. The highest BCUT2D eigenvalue weighted by Crippen LogP contribution is 1.75. The van der Waals surface area contributed by atoms with Crippen LogP contribution in [0.1, 0.15) is 6.92 Å². The van der Waals surface area contributed by atoms with Crippen LogP contribution in [-0.2, 0) is 4.74 Å². The molecule has 0 saturated heterocycles. The van der Waals surface area contributed by atoms with E-state index in [0.29, 0.717) is 6.61 Å². The van der Waals surface area contributed by atoms with Gasteiger partial charge < -0.3 is 15.7 Å². The molecule has 0 radical (unpaired) electrons. The molecule has 0 aliphatic heterocycles. The largest absolute Gasteiger partial charge is 0.478 e. The van der Waals surface area contributed by atoms with Crippen LogP contribution < -0.4 is 5.73 Å². The molecule has 0 fully saturated rings. The van der Waals surface area contributed by atoms with Gasteiger partial charge in [0.05, 0.1) is 13.2 Å². The molecule has 0 bridgehead atoms. The van der Waals surface area contributed by atoms with Crippen molar-refractivity contribution in [2.45, 2.75) is 6.92 Å². The van der Waals surface area contributed by atoms with Crippen LogP contribution in [0.5, 0.6) is 0 Å². The number of oxime groups is 1. The van der Waals surface area contributed by atoms with Crippen molar-refractivity contribution in [3.8, 4) is 0 Å². The molecule has 48 valence electrons. The number of ether oxygens (including phenoxy) is 1. The van der Waals surface area contributed by atoms with Crippen molar-refractivity contribution in [1.82, 2.24) is 0 Å². The van der Waals surface area contributed by atoms with Gasteiger partial charge in [-0.05, 0) is 6.92 Å². The molecule has 0 rings (SSSR count). The summed E-state index contributed by atoms with van der Waals surface area (Å²) in [5.41, 5.74) is 5.05. The molecule has 0 aliphatic rings. The lowest BCUT2D eigenvalue weighted by Gasteiger charge is -1.98. The van der Waals surface area contributed by atoms with Crippen LogP contribution in [-0.4, -0.2) is 24.3 Å². The molecule has 0 heterocycles. The molecular weight excluding hydrogens is 108 g/mol. The van der Waals surface area contributed by atoms with Crippen LogP contribution in [0, 0.1) is 0 Å². The van der Waals surface area contributed by atoms with Gasteiger partial charge >= 0.3 is 0 Å². The Morgan fingerprint density at radius 1 is 1.88 bits per heavy atom. The van der Waals surface area contributed by atoms with E-state index in [4.69, 9.17) is 15.7 Å². The molecule has 0 aromatic rings. The Kier molecular flexibility index (Phi) is 3.97. The minimum Gasteiger partial charge on any atom is -0.478 e. The summed E-state index contributed by atoms with van der Waals surface area (Å²) in [6.45, 7) is 2.42. The van der Waals surface area contributed by atoms with Crippen molar-refractivity contribution in [2.24, 2.45) is 10.9 Å². The smallest absolute Gasteiger partial charge is 0.239 e. The highest BCUT2D eigenvalue weighted by molar-refractivity contribution is 5.77. The Hall–Kier alpha value is -0.770. The molecule has 0 spiro atoms. The Bertz CT molecular complexity index is 82.1. The summed E-state index contributed by atoms with van der Waals surface area (Å²) in [7, 11) is 0. The maximum Gasteiger partial charge on any atom is 0.239 e. The van der Waals surface area contributed by atoms with E-state index in [-0.39, 0.29) is 12.4 Å². The second-order valence-electron chi connectivity index (χ2n) is 1.13. The van der Waals surface area contributed by atoms with Gasteiger partial charge in [-0.2, -0.15) is 0 Å². The monoisotopic (exact) mass is 118 g/mol. The van der Waals surface area contributed by atoms with E-state index in [2.05, 4.69) is 5.16 Å². The minimum atomic E-state index is 0.143. The molecular formula is C4H10N2O2. The summed E-state index contributed by atoms with van der Waals surface area (Å²) in [5, 5.41) is 10.8. The van der Waals surface area contributed by atoms with E-state index in [9.17, 15) is 0 Å². The number of nitrogens with zero attached hydrogens (tertiary/aromatic N) is 1. The predicted molar refractivity (Wildman–Crippen MR) is 29.9 cm³/mol. The van der Waals surface area contributed by atoms with E-state index < -0.39 is 0 Å². The second kappa shape index (κ2) is 4.39. The summed E-state index contributed by atoms with van der Waals surface area (Å²) >= 11 is 0. The Labute approximate surface area is 47.9 Å². The van der Waals surface area contributed by atoms with Gasteiger partial charge in [-0.1, -0.05) is 5.16 Å². The number of hydrogen-bond acceptors (Lipinski definition) is 4. The van der Waals surface area contributed by atoms with Crippen molar-refractivity contribution in [1.29, 1.82) is 0 Å². The summed E-state index contributed by atoms with van der Waals surface area (Å²) in [4.78, 5) is 0. The molecule has 0 aromatic carbocycles. The van der Waals surface area contributed by atoms with Gasteiger partial charge in [-0.15, -0.1) is 0 Å². The third kappa shape index (κ3) is 2.41. The highest BCUT2D eigenvalue weighted by Gasteiger charge is 1.91. The first-order chi connectivity index (χ1) is 3.85. The topological polar surface area (TPSA) is 67.8 Å². The second-order valence-corrected chi connectivity index (χ2v) is 1.13. The SMILES string of the molecule is CCO/C(CN)=N\O. The van der Waals surface area contributed by atoms with Crippen molar-refractivity contribution in [2.75, 3.05) is 13.2 Å². The van der Waals surface area contributed by atoms with Gasteiger partial charge in [-0.25, -0.2) is 0 Å². The Morgan fingerprint density at radius 2 is 2.50 bits per heavy atom. The molecule has 0 atom stereocenters. The molecule has 4 heteroatoms. The van der Waals surface area contributed by atoms with Crippen LogP contribution in [0.4, 0.5) is 0 Å². The first kappa shape index (κ1) is 7.23. The molecule has 0 amide bonds. The Morgan fingerprint density at radius 3 is 2.62 bits per heavy atom. The van der Waals surface area contributed by atoms with Gasteiger partial charge in [0.1, 0.15) is 0 Å². The molecule has 4 nitrogen and oxygen atoms in total. The van der Waals surface area contributed by atoms with Crippen LogP contribution in [0.25, 0.3) is 0 Å². The van der Waals surface area contributed by atoms with E-state index in [0.717, 1.165) is 0 Å². The van der Waals surface area contributed by atoms with Crippen molar-refractivity contribution in [3.63, 3.8) is 0 Å². The lowest BCUT2D eigenvalue weighted by atomic mass is 10.6. The molecule has 0 saturated carbocycles. The third-order valence-corrected chi connectivity index (χ3v) is 0.597. The van der Waals surface area contributed by atoms with Crippen LogP contribution in [0.15, 0.2) is 5.16 Å². The summed E-state index contributed by atoms with van der Waals surface area (Å²) in [6, 6.07) is 0. The number of hydrogen-bond donors (Lipinski definition) is 2. The number of rotatable bonds is 2. The van der Waals surface area contributed by atoms with Crippen molar-refractivity contribution >= 4 is 5.90 Å². The fourth-order valence-electron chi connectivity index (χ4n) is 0.295. The van der Waals surface area contributed by atoms with Gasteiger partial charge in [0.15, 0.2) is 0 Å². The molecule has 3 N–H and O–H groups in total. The zero-order valence-electron chi connectivity index (χ0n) is 4.79. The van der Waals surface area contributed by atoms with Crippen molar-refractivity contribution < 1.29 is 9.94 Å². The van der Waals surface area contributed by atoms with Gasteiger partial charge in [-0.3, -0.25) is 0 Å². The van der Waals surface area contributed by atoms with E-state index in [1.54, 1.807) is 6.92 Å². The predicted octanol–water partition coefficient (Wildman–Crippen LogP) is -0.231. The van der Waals surface area contributed by atoms with Crippen LogP contribution in [0.2, 0.25) is 0 Å². The third-order valence-electron chi connectivity index (χ3n) is 0.597. The summed E-state index contributed by atoms with van der Waals surface area (Å²) in [6.07, 6.45) is 0. The average Bonchev–Trinajstić information content (AvgIpc) is 1.83. The quantitative estimate of drug-likeness (QED) is 0.228. The lowest BCUT2D eigenvalue weighted by Crippen LogP contribution is -2.16. The molecule has 0 aliphatic carbocycles. The summed E-state index contributed by atoms with van der Waals surface area (Å²) in [5.74, 6) is 0.174. The van der Waals surface area contributed by atoms with Crippen LogP contribution in [0.3, 0.4) is 0 Å². The van der Waals surface area contributed by atoms with E-state index >= 15 is 0 Å². The zero-order valence-corrected chi connectivity index (χ0v) is 4.79.